The molecule has 140 valence electrons. The zero-order valence-corrected chi connectivity index (χ0v) is 15.4. The molecule has 0 saturated carbocycles. The fourth-order valence-electron chi connectivity index (χ4n) is 2.20. The van der Waals surface area contributed by atoms with Crippen LogP contribution >= 0.6 is 0 Å². The van der Waals surface area contributed by atoms with Crippen molar-refractivity contribution in [3.05, 3.63) is 54.1 Å². The zero-order valence-electron chi connectivity index (χ0n) is 15.4. The molecule has 0 heterocycles. The number of benzene rings is 2. The van der Waals surface area contributed by atoms with Crippen LogP contribution in [0, 0.1) is 0 Å². The van der Waals surface area contributed by atoms with Crippen LogP contribution in [0.3, 0.4) is 0 Å². The number of hydrogen-bond donors (Lipinski definition) is 3. The molecule has 6 nitrogen and oxygen atoms in total. The number of amides is 1. The van der Waals surface area contributed by atoms with Crippen LogP contribution in [-0.4, -0.2) is 43.4 Å². The second-order valence-electron chi connectivity index (χ2n) is 6.23. The van der Waals surface area contributed by atoms with E-state index < -0.39 is 6.10 Å². The average molecular weight is 358 g/mol. The predicted octanol–water partition coefficient (Wildman–Crippen LogP) is 2.69. The summed E-state index contributed by atoms with van der Waals surface area (Å²) in [5.41, 5.74) is 1.21. The summed E-state index contributed by atoms with van der Waals surface area (Å²) in [6.45, 7) is 4.73. The summed E-state index contributed by atoms with van der Waals surface area (Å²) in [6, 6.07) is 14.2. The van der Waals surface area contributed by atoms with Crippen molar-refractivity contribution >= 4 is 11.6 Å². The van der Waals surface area contributed by atoms with Crippen molar-refractivity contribution in [1.29, 1.82) is 0 Å². The SMILES string of the molecule is COc1ccc(C(=O)Nc2ccc(OC[C@@H](O)CNC(C)C)cc2)cc1. The Morgan fingerprint density at radius 2 is 1.65 bits per heavy atom. The second-order valence-corrected chi connectivity index (χ2v) is 6.23. The number of anilines is 1. The Bertz CT molecular complexity index is 684. The molecule has 2 aromatic rings. The van der Waals surface area contributed by atoms with Gasteiger partial charge in [0, 0.05) is 23.8 Å². The number of methoxy groups -OCH3 is 1. The van der Waals surface area contributed by atoms with Crippen LogP contribution in [0.2, 0.25) is 0 Å². The highest BCUT2D eigenvalue weighted by molar-refractivity contribution is 6.04. The number of carbonyl (C=O) groups is 1. The Kier molecular flexibility index (Phi) is 7.44. The van der Waals surface area contributed by atoms with Gasteiger partial charge in [-0.1, -0.05) is 13.8 Å². The van der Waals surface area contributed by atoms with E-state index in [-0.39, 0.29) is 12.5 Å². The largest absolute Gasteiger partial charge is 0.497 e. The first-order valence-corrected chi connectivity index (χ1v) is 8.57. The quantitative estimate of drug-likeness (QED) is 0.642. The van der Waals surface area contributed by atoms with E-state index in [2.05, 4.69) is 10.6 Å². The van der Waals surface area contributed by atoms with Crippen molar-refractivity contribution in [2.45, 2.75) is 26.0 Å². The van der Waals surface area contributed by atoms with E-state index in [4.69, 9.17) is 9.47 Å². The van der Waals surface area contributed by atoms with Crippen molar-refractivity contribution in [3.63, 3.8) is 0 Å². The zero-order chi connectivity index (χ0) is 18.9. The molecule has 0 aliphatic rings. The number of rotatable bonds is 9. The lowest BCUT2D eigenvalue weighted by Crippen LogP contribution is -2.35. The second kappa shape index (κ2) is 9.79. The van der Waals surface area contributed by atoms with E-state index in [9.17, 15) is 9.90 Å². The first kappa shape index (κ1) is 19.8. The Hall–Kier alpha value is -2.57. The number of hydrogen-bond acceptors (Lipinski definition) is 5. The molecule has 3 N–H and O–H groups in total. The molecule has 2 rings (SSSR count). The van der Waals surface area contributed by atoms with Crippen LogP contribution in [0.25, 0.3) is 0 Å². The molecule has 0 unspecified atom stereocenters. The maximum Gasteiger partial charge on any atom is 0.255 e. The van der Waals surface area contributed by atoms with Gasteiger partial charge < -0.3 is 25.2 Å². The maximum atomic E-state index is 12.2. The molecule has 0 fully saturated rings. The van der Waals surface area contributed by atoms with E-state index in [0.717, 1.165) is 0 Å². The first-order chi connectivity index (χ1) is 12.5. The smallest absolute Gasteiger partial charge is 0.255 e. The number of aliphatic hydroxyl groups excluding tert-OH is 1. The number of carbonyl (C=O) groups excluding carboxylic acids is 1. The number of ether oxygens (including phenoxy) is 2. The highest BCUT2D eigenvalue weighted by Crippen LogP contribution is 2.17. The van der Waals surface area contributed by atoms with Gasteiger partial charge in [-0.2, -0.15) is 0 Å². The van der Waals surface area contributed by atoms with Gasteiger partial charge in [0.2, 0.25) is 0 Å². The van der Waals surface area contributed by atoms with Crippen LogP contribution in [0.5, 0.6) is 11.5 Å². The predicted molar refractivity (Wildman–Crippen MR) is 102 cm³/mol. The minimum absolute atomic E-state index is 0.198. The Morgan fingerprint density at radius 3 is 2.23 bits per heavy atom. The third-order valence-electron chi connectivity index (χ3n) is 3.67. The Labute approximate surface area is 154 Å². The monoisotopic (exact) mass is 358 g/mol. The van der Waals surface area contributed by atoms with Gasteiger partial charge in [-0.3, -0.25) is 4.79 Å². The minimum atomic E-state index is -0.577. The van der Waals surface area contributed by atoms with Crippen LogP contribution in [0.15, 0.2) is 48.5 Å². The summed E-state index contributed by atoms with van der Waals surface area (Å²) >= 11 is 0. The van der Waals surface area contributed by atoms with Gasteiger partial charge in [0.25, 0.3) is 5.91 Å². The normalized spacial score (nSPS) is 11.9. The molecule has 26 heavy (non-hydrogen) atoms. The number of nitrogens with one attached hydrogen (secondary N) is 2. The molecule has 1 amide bonds. The van der Waals surface area contributed by atoms with Crippen molar-refractivity contribution in [2.75, 3.05) is 25.6 Å². The van der Waals surface area contributed by atoms with Crippen molar-refractivity contribution in [3.8, 4) is 11.5 Å². The molecule has 0 radical (unpaired) electrons. The number of aliphatic hydroxyl groups is 1. The summed E-state index contributed by atoms with van der Waals surface area (Å²) in [4.78, 5) is 12.2. The van der Waals surface area contributed by atoms with Crippen LogP contribution < -0.4 is 20.1 Å². The minimum Gasteiger partial charge on any atom is -0.497 e. The standard InChI is InChI=1S/C20H26N2O4/c1-14(2)21-12-17(23)13-26-19-10-6-16(7-11-19)22-20(24)15-4-8-18(25-3)9-5-15/h4-11,14,17,21,23H,12-13H2,1-3H3,(H,22,24)/t17-/m0/s1. The van der Waals surface area contributed by atoms with Crippen LogP contribution in [0.1, 0.15) is 24.2 Å². The molecule has 0 aromatic heterocycles. The fourth-order valence-corrected chi connectivity index (χ4v) is 2.20. The maximum absolute atomic E-state index is 12.2. The molecule has 0 aliphatic carbocycles. The summed E-state index contributed by atoms with van der Waals surface area (Å²) in [6.07, 6.45) is -0.577. The fraction of sp³-hybridized carbons (Fsp3) is 0.350. The van der Waals surface area contributed by atoms with Gasteiger partial charge in [-0.25, -0.2) is 0 Å². The molecule has 0 saturated heterocycles. The van der Waals surface area contributed by atoms with Gasteiger partial charge in [0.15, 0.2) is 0 Å². The van der Waals surface area contributed by atoms with Gasteiger partial charge in [-0.05, 0) is 48.5 Å². The molecule has 6 heteroatoms. The van der Waals surface area contributed by atoms with Gasteiger partial charge in [0.05, 0.1) is 7.11 Å². The summed E-state index contributed by atoms with van der Waals surface area (Å²) in [7, 11) is 1.58. The van der Waals surface area contributed by atoms with Crippen molar-refractivity contribution < 1.29 is 19.4 Å². The van der Waals surface area contributed by atoms with Gasteiger partial charge in [0.1, 0.15) is 24.2 Å². The van der Waals surface area contributed by atoms with Crippen LogP contribution in [0.4, 0.5) is 5.69 Å². The van der Waals surface area contributed by atoms with Crippen molar-refractivity contribution in [1.82, 2.24) is 5.32 Å². The average Bonchev–Trinajstić information content (AvgIpc) is 2.65. The van der Waals surface area contributed by atoms with Gasteiger partial charge in [-0.15, -0.1) is 0 Å². The van der Waals surface area contributed by atoms with E-state index >= 15 is 0 Å². The lowest BCUT2D eigenvalue weighted by atomic mass is 10.2. The van der Waals surface area contributed by atoms with E-state index in [1.807, 2.05) is 13.8 Å². The first-order valence-electron chi connectivity index (χ1n) is 8.57. The topological polar surface area (TPSA) is 79.8 Å². The molecular formula is C20H26N2O4. The lowest BCUT2D eigenvalue weighted by Gasteiger charge is -2.15. The molecule has 0 aliphatic heterocycles. The molecular weight excluding hydrogens is 332 g/mol. The lowest BCUT2D eigenvalue weighted by molar-refractivity contribution is 0.102. The highest BCUT2D eigenvalue weighted by atomic mass is 16.5. The highest BCUT2D eigenvalue weighted by Gasteiger charge is 2.08. The molecule has 1 atom stereocenters. The van der Waals surface area contributed by atoms with E-state index in [1.54, 1.807) is 55.6 Å². The Morgan fingerprint density at radius 1 is 1.04 bits per heavy atom. The third-order valence-corrected chi connectivity index (χ3v) is 3.67. The summed E-state index contributed by atoms with van der Waals surface area (Å²) in [5, 5.41) is 15.8. The Balaban J connectivity index is 1.83. The molecule has 2 aromatic carbocycles. The van der Waals surface area contributed by atoms with E-state index in [0.29, 0.717) is 35.3 Å². The summed E-state index contributed by atoms with van der Waals surface area (Å²) < 4.78 is 10.6. The molecule has 0 bridgehead atoms. The van der Waals surface area contributed by atoms with Crippen molar-refractivity contribution in [2.24, 2.45) is 0 Å². The van der Waals surface area contributed by atoms with Gasteiger partial charge >= 0.3 is 0 Å². The summed E-state index contributed by atoms with van der Waals surface area (Å²) in [5.74, 6) is 1.14. The van der Waals surface area contributed by atoms with Crippen LogP contribution in [-0.2, 0) is 0 Å². The van der Waals surface area contributed by atoms with E-state index in [1.165, 1.54) is 0 Å². The molecule has 0 spiro atoms. The third kappa shape index (κ3) is 6.38.